The SMILES string of the molecule is CCOC(=O)c1c(-c2ccccc2)[nH]c(O)c1N=Nc1cc([N+](=O)[O-])ccc1O. The molecule has 0 saturated carbocycles. The van der Waals surface area contributed by atoms with E-state index in [4.69, 9.17) is 4.74 Å². The minimum Gasteiger partial charge on any atom is -0.506 e. The summed E-state index contributed by atoms with van der Waals surface area (Å²) in [5.41, 5.74) is 0.114. The zero-order chi connectivity index (χ0) is 21.0. The monoisotopic (exact) mass is 396 g/mol. The van der Waals surface area contributed by atoms with Gasteiger partial charge in [-0.1, -0.05) is 30.3 Å². The molecule has 0 unspecified atom stereocenters. The summed E-state index contributed by atoms with van der Waals surface area (Å²) < 4.78 is 5.06. The molecule has 2 aromatic carbocycles. The topological polar surface area (TPSA) is 150 Å². The molecule has 148 valence electrons. The number of non-ortho nitro benzene ring substituents is 1. The lowest BCUT2D eigenvalue weighted by molar-refractivity contribution is -0.384. The summed E-state index contributed by atoms with van der Waals surface area (Å²) in [4.78, 5) is 25.4. The molecule has 3 aromatic rings. The highest BCUT2D eigenvalue weighted by Gasteiger charge is 2.26. The summed E-state index contributed by atoms with van der Waals surface area (Å²) in [6, 6.07) is 12.0. The molecule has 0 bridgehead atoms. The van der Waals surface area contributed by atoms with E-state index < -0.39 is 16.8 Å². The number of nitro benzene ring substituents is 1. The minimum atomic E-state index is -0.736. The summed E-state index contributed by atoms with van der Waals surface area (Å²) in [7, 11) is 0. The number of ether oxygens (including phenoxy) is 1. The molecule has 10 nitrogen and oxygen atoms in total. The van der Waals surface area contributed by atoms with E-state index >= 15 is 0 Å². The highest BCUT2D eigenvalue weighted by molar-refractivity contribution is 6.03. The number of phenolic OH excluding ortho intramolecular Hbond substituents is 1. The maximum absolute atomic E-state index is 12.5. The number of hydrogen-bond acceptors (Lipinski definition) is 8. The number of hydrogen-bond donors (Lipinski definition) is 3. The average molecular weight is 396 g/mol. The number of phenols is 1. The van der Waals surface area contributed by atoms with Gasteiger partial charge < -0.3 is 19.9 Å². The molecule has 10 heteroatoms. The molecule has 0 radical (unpaired) electrons. The Morgan fingerprint density at radius 3 is 2.55 bits per heavy atom. The van der Waals surface area contributed by atoms with Crippen molar-refractivity contribution in [3.8, 4) is 22.9 Å². The number of nitrogens with one attached hydrogen (secondary N) is 1. The van der Waals surface area contributed by atoms with Crippen LogP contribution in [0.1, 0.15) is 17.3 Å². The van der Waals surface area contributed by atoms with Gasteiger partial charge in [0.1, 0.15) is 17.0 Å². The molecular formula is C19H16N4O6. The van der Waals surface area contributed by atoms with Crippen molar-refractivity contribution in [2.75, 3.05) is 6.61 Å². The lowest BCUT2D eigenvalue weighted by Crippen LogP contribution is -2.05. The number of carbonyl (C=O) groups is 1. The Morgan fingerprint density at radius 1 is 1.17 bits per heavy atom. The van der Waals surface area contributed by atoms with Crippen LogP contribution in [-0.2, 0) is 4.74 Å². The third-order valence-electron chi connectivity index (χ3n) is 3.92. The summed E-state index contributed by atoms with van der Waals surface area (Å²) in [5.74, 6) is -1.53. The van der Waals surface area contributed by atoms with Crippen molar-refractivity contribution < 1.29 is 24.7 Å². The van der Waals surface area contributed by atoms with Crippen LogP contribution in [0.5, 0.6) is 11.6 Å². The van der Waals surface area contributed by atoms with E-state index in [0.717, 1.165) is 18.2 Å². The fourth-order valence-corrected chi connectivity index (χ4v) is 2.61. The summed E-state index contributed by atoms with van der Waals surface area (Å²) in [6.07, 6.45) is 0. The van der Waals surface area contributed by atoms with Gasteiger partial charge in [-0.3, -0.25) is 10.1 Å². The number of azo groups is 1. The van der Waals surface area contributed by atoms with Crippen LogP contribution in [0.15, 0.2) is 58.8 Å². The average Bonchev–Trinajstić information content (AvgIpc) is 3.04. The number of carbonyl (C=O) groups excluding carboxylic acids is 1. The van der Waals surface area contributed by atoms with Gasteiger partial charge in [0.2, 0.25) is 5.88 Å². The van der Waals surface area contributed by atoms with Crippen LogP contribution in [-0.4, -0.2) is 32.7 Å². The number of aromatic hydroxyl groups is 2. The van der Waals surface area contributed by atoms with Crippen LogP contribution in [0.2, 0.25) is 0 Å². The molecule has 1 heterocycles. The Balaban J connectivity index is 2.11. The van der Waals surface area contributed by atoms with Gasteiger partial charge in [0.15, 0.2) is 5.69 Å². The van der Waals surface area contributed by atoms with Crippen molar-refractivity contribution in [1.29, 1.82) is 0 Å². The molecule has 1 aromatic heterocycles. The Morgan fingerprint density at radius 2 is 1.90 bits per heavy atom. The number of rotatable bonds is 6. The van der Waals surface area contributed by atoms with Gasteiger partial charge >= 0.3 is 5.97 Å². The lowest BCUT2D eigenvalue weighted by atomic mass is 10.1. The van der Waals surface area contributed by atoms with E-state index in [1.165, 1.54) is 0 Å². The smallest absolute Gasteiger partial charge is 0.342 e. The number of aromatic amines is 1. The molecule has 29 heavy (non-hydrogen) atoms. The second-order valence-electron chi connectivity index (χ2n) is 5.79. The maximum Gasteiger partial charge on any atom is 0.342 e. The van der Waals surface area contributed by atoms with Crippen LogP contribution in [0.25, 0.3) is 11.3 Å². The van der Waals surface area contributed by atoms with Gasteiger partial charge in [-0.2, -0.15) is 0 Å². The van der Waals surface area contributed by atoms with Crippen molar-refractivity contribution in [2.24, 2.45) is 10.2 Å². The van der Waals surface area contributed by atoms with Crippen molar-refractivity contribution >= 4 is 23.0 Å². The highest BCUT2D eigenvalue weighted by Crippen LogP contribution is 2.40. The van der Waals surface area contributed by atoms with E-state index in [0.29, 0.717) is 5.56 Å². The quantitative estimate of drug-likeness (QED) is 0.240. The third-order valence-corrected chi connectivity index (χ3v) is 3.92. The summed E-state index contributed by atoms with van der Waals surface area (Å²) >= 11 is 0. The van der Waals surface area contributed by atoms with Crippen molar-refractivity contribution in [2.45, 2.75) is 6.92 Å². The Hall–Kier alpha value is -4.21. The van der Waals surface area contributed by atoms with Crippen molar-refractivity contribution in [3.05, 3.63) is 64.2 Å². The number of esters is 1. The first-order valence-electron chi connectivity index (χ1n) is 8.49. The molecule has 0 spiro atoms. The molecule has 0 aliphatic rings. The molecule has 0 aliphatic heterocycles. The van der Waals surface area contributed by atoms with Crippen LogP contribution >= 0.6 is 0 Å². The molecular weight excluding hydrogens is 380 g/mol. The van der Waals surface area contributed by atoms with E-state index in [2.05, 4.69) is 15.2 Å². The standard InChI is InChI=1S/C19H16N4O6/c1-2-29-19(26)15-16(11-6-4-3-5-7-11)20-18(25)17(15)22-21-13-10-12(23(27)28)8-9-14(13)24/h3-10,20,24-25H,2H2,1H3. The van der Waals surface area contributed by atoms with Gasteiger partial charge in [0.05, 0.1) is 17.2 Å². The van der Waals surface area contributed by atoms with E-state index in [1.54, 1.807) is 37.3 Å². The molecule has 3 rings (SSSR count). The number of aromatic nitrogens is 1. The van der Waals surface area contributed by atoms with Gasteiger partial charge in [-0.15, -0.1) is 10.2 Å². The molecule has 0 saturated heterocycles. The Kier molecular flexibility index (Phi) is 5.54. The van der Waals surface area contributed by atoms with E-state index in [1.807, 2.05) is 0 Å². The van der Waals surface area contributed by atoms with Gasteiger partial charge in [0.25, 0.3) is 5.69 Å². The maximum atomic E-state index is 12.5. The van der Waals surface area contributed by atoms with Gasteiger partial charge in [-0.25, -0.2) is 4.79 Å². The van der Waals surface area contributed by atoms with Crippen molar-refractivity contribution in [3.63, 3.8) is 0 Å². The molecule has 0 aliphatic carbocycles. The first-order valence-corrected chi connectivity index (χ1v) is 8.49. The van der Waals surface area contributed by atoms with Gasteiger partial charge in [-0.05, 0) is 18.6 Å². The molecule has 0 amide bonds. The van der Waals surface area contributed by atoms with Crippen LogP contribution in [0, 0.1) is 10.1 Å². The first kappa shape index (κ1) is 19.5. The highest BCUT2D eigenvalue weighted by atomic mass is 16.6. The summed E-state index contributed by atoms with van der Waals surface area (Å²) in [5, 5.41) is 38.7. The number of benzene rings is 2. The minimum absolute atomic E-state index is 0.0516. The fourth-order valence-electron chi connectivity index (χ4n) is 2.61. The number of nitrogens with zero attached hydrogens (tertiary/aromatic N) is 3. The first-order chi connectivity index (χ1) is 13.9. The van der Waals surface area contributed by atoms with E-state index in [-0.39, 0.29) is 40.7 Å². The molecule has 3 N–H and O–H groups in total. The van der Waals surface area contributed by atoms with Crippen LogP contribution < -0.4 is 0 Å². The largest absolute Gasteiger partial charge is 0.506 e. The number of nitro groups is 1. The zero-order valence-corrected chi connectivity index (χ0v) is 15.2. The normalized spacial score (nSPS) is 10.9. The van der Waals surface area contributed by atoms with Gasteiger partial charge in [0, 0.05) is 12.1 Å². The Labute approximate surface area is 164 Å². The molecule has 0 atom stereocenters. The second-order valence-corrected chi connectivity index (χ2v) is 5.79. The van der Waals surface area contributed by atoms with Crippen molar-refractivity contribution in [1.82, 2.24) is 4.98 Å². The predicted octanol–water partition coefficient (Wildman–Crippen LogP) is 4.59. The fraction of sp³-hybridized carbons (Fsp3) is 0.105. The Bertz CT molecular complexity index is 1090. The zero-order valence-electron chi connectivity index (χ0n) is 15.2. The van der Waals surface area contributed by atoms with Crippen LogP contribution in [0.4, 0.5) is 17.1 Å². The second kappa shape index (κ2) is 8.21. The molecule has 0 fully saturated rings. The third kappa shape index (κ3) is 4.05. The number of H-pyrrole nitrogens is 1. The lowest BCUT2D eigenvalue weighted by Gasteiger charge is -2.05. The summed E-state index contributed by atoms with van der Waals surface area (Å²) in [6.45, 7) is 1.73. The van der Waals surface area contributed by atoms with Crippen LogP contribution in [0.3, 0.4) is 0 Å². The van der Waals surface area contributed by atoms with E-state index in [9.17, 15) is 25.1 Å². The predicted molar refractivity (Wildman–Crippen MR) is 103 cm³/mol.